The van der Waals surface area contributed by atoms with E-state index in [0.717, 1.165) is 5.52 Å². The molecule has 0 saturated heterocycles. The van der Waals surface area contributed by atoms with E-state index in [4.69, 9.17) is 12.2 Å². The second-order valence-electron chi connectivity index (χ2n) is 3.71. The second-order valence-corrected chi connectivity index (χ2v) is 4.10. The zero-order valence-corrected chi connectivity index (χ0v) is 10.0. The SMILES string of the molecule is O=c1c2ccccc2[nH]c(=S)n1-c1cncnc1. The molecule has 0 spiro atoms. The van der Waals surface area contributed by atoms with E-state index in [1.54, 1.807) is 18.5 Å². The van der Waals surface area contributed by atoms with Crippen LogP contribution in [0.5, 0.6) is 0 Å². The van der Waals surface area contributed by atoms with E-state index in [-0.39, 0.29) is 5.56 Å². The molecular formula is C12H8N4OS. The first-order valence-electron chi connectivity index (χ1n) is 5.27. The van der Waals surface area contributed by atoms with Crippen molar-refractivity contribution < 1.29 is 0 Å². The van der Waals surface area contributed by atoms with Gasteiger partial charge in [0.15, 0.2) is 4.77 Å². The molecule has 0 aliphatic carbocycles. The van der Waals surface area contributed by atoms with Crippen LogP contribution in [0.15, 0.2) is 47.8 Å². The number of hydrogen-bond acceptors (Lipinski definition) is 4. The van der Waals surface area contributed by atoms with E-state index in [9.17, 15) is 4.79 Å². The average Bonchev–Trinajstić information content (AvgIpc) is 2.40. The van der Waals surface area contributed by atoms with Gasteiger partial charge >= 0.3 is 0 Å². The molecule has 0 fully saturated rings. The quantitative estimate of drug-likeness (QED) is 0.675. The highest BCUT2D eigenvalue weighted by Gasteiger charge is 2.06. The number of benzene rings is 1. The first-order chi connectivity index (χ1) is 8.77. The zero-order chi connectivity index (χ0) is 12.5. The number of H-pyrrole nitrogens is 1. The van der Waals surface area contributed by atoms with Crippen molar-refractivity contribution in [3.8, 4) is 5.69 Å². The lowest BCUT2D eigenvalue weighted by molar-refractivity contribution is 0.917. The summed E-state index contributed by atoms with van der Waals surface area (Å²) in [6.07, 6.45) is 4.50. The van der Waals surface area contributed by atoms with Crippen LogP contribution in [-0.4, -0.2) is 19.5 Å². The summed E-state index contributed by atoms with van der Waals surface area (Å²) in [6, 6.07) is 7.23. The van der Waals surface area contributed by atoms with Crippen LogP contribution < -0.4 is 5.56 Å². The van der Waals surface area contributed by atoms with E-state index in [2.05, 4.69) is 15.0 Å². The highest BCUT2D eigenvalue weighted by atomic mass is 32.1. The molecule has 0 aliphatic rings. The first-order valence-corrected chi connectivity index (χ1v) is 5.67. The fraction of sp³-hybridized carbons (Fsp3) is 0. The Balaban J connectivity index is 2.45. The smallest absolute Gasteiger partial charge is 0.266 e. The number of rotatable bonds is 1. The predicted molar refractivity (Wildman–Crippen MR) is 70.3 cm³/mol. The Morgan fingerprint density at radius 2 is 1.89 bits per heavy atom. The van der Waals surface area contributed by atoms with Crippen LogP contribution in [0.2, 0.25) is 0 Å². The number of nitrogens with zero attached hydrogens (tertiary/aromatic N) is 3. The van der Waals surface area contributed by atoms with Gasteiger partial charge in [0.05, 0.1) is 29.0 Å². The van der Waals surface area contributed by atoms with Gasteiger partial charge in [-0.1, -0.05) is 12.1 Å². The van der Waals surface area contributed by atoms with Gasteiger partial charge in [0.1, 0.15) is 6.33 Å². The van der Waals surface area contributed by atoms with Crippen LogP contribution in [0.4, 0.5) is 0 Å². The summed E-state index contributed by atoms with van der Waals surface area (Å²) in [5.74, 6) is 0. The molecule has 2 aromatic heterocycles. The molecule has 0 saturated carbocycles. The predicted octanol–water partition coefficient (Wildman–Crippen LogP) is 1.84. The van der Waals surface area contributed by atoms with Crippen molar-refractivity contribution in [3.05, 3.63) is 58.1 Å². The Kier molecular flexibility index (Phi) is 2.49. The van der Waals surface area contributed by atoms with E-state index in [1.807, 2.05) is 18.2 Å². The summed E-state index contributed by atoms with van der Waals surface area (Å²) in [5, 5.41) is 0.579. The molecule has 88 valence electrons. The highest BCUT2D eigenvalue weighted by Crippen LogP contribution is 2.08. The molecule has 0 atom stereocenters. The van der Waals surface area contributed by atoms with Crippen molar-refractivity contribution in [2.45, 2.75) is 0 Å². The fourth-order valence-electron chi connectivity index (χ4n) is 1.80. The molecule has 5 nitrogen and oxygen atoms in total. The molecule has 3 rings (SSSR count). The molecule has 6 heteroatoms. The largest absolute Gasteiger partial charge is 0.331 e. The summed E-state index contributed by atoms with van der Waals surface area (Å²) < 4.78 is 1.71. The third kappa shape index (κ3) is 1.63. The van der Waals surface area contributed by atoms with Crippen molar-refractivity contribution in [2.24, 2.45) is 0 Å². The summed E-state index contributed by atoms with van der Waals surface area (Å²) in [7, 11) is 0. The Morgan fingerprint density at radius 3 is 2.67 bits per heavy atom. The maximum Gasteiger partial charge on any atom is 0.266 e. The molecule has 0 bridgehead atoms. The molecule has 1 aromatic carbocycles. The Labute approximate surface area is 107 Å². The van der Waals surface area contributed by atoms with Gasteiger partial charge in [-0.2, -0.15) is 0 Å². The monoisotopic (exact) mass is 256 g/mol. The van der Waals surface area contributed by atoms with Crippen LogP contribution in [0.25, 0.3) is 16.6 Å². The molecular weight excluding hydrogens is 248 g/mol. The number of nitrogens with one attached hydrogen (secondary N) is 1. The lowest BCUT2D eigenvalue weighted by atomic mass is 10.2. The van der Waals surface area contributed by atoms with Crippen molar-refractivity contribution in [3.63, 3.8) is 0 Å². The van der Waals surface area contributed by atoms with Gasteiger partial charge in [-0.3, -0.25) is 4.79 Å². The van der Waals surface area contributed by atoms with Crippen molar-refractivity contribution in [2.75, 3.05) is 0 Å². The minimum Gasteiger partial charge on any atom is -0.331 e. The van der Waals surface area contributed by atoms with E-state index in [0.29, 0.717) is 15.8 Å². The summed E-state index contributed by atoms with van der Waals surface area (Å²) in [5.41, 5.74) is 1.10. The van der Waals surface area contributed by atoms with Gasteiger partial charge in [0.2, 0.25) is 0 Å². The van der Waals surface area contributed by atoms with Gasteiger partial charge in [-0.05, 0) is 24.4 Å². The van der Waals surface area contributed by atoms with Crippen molar-refractivity contribution in [1.82, 2.24) is 19.5 Å². The minimum absolute atomic E-state index is 0.177. The Bertz CT molecular complexity index is 823. The van der Waals surface area contributed by atoms with Crippen LogP contribution in [0, 0.1) is 4.77 Å². The molecule has 0 unspecified atom stereocenters. The highest BCUT2D eigenvalue weighted by molar-refractivity contribution is 7.71. The fourth-order valence-corrected chi connectivity index (χ4v) is 2.10. The van der Waals surface area contributed by atoms with Crippen LogP contribution in [-0.2, 0) is 0 Å². The number of fused-ring (bicyclic) bond motifs is 1. The Morgan fingerprint density at radius 1 is 1.17 bits per heavy atom. The maximum absolute atomic E-state index is 12.4. The maximum atomic E-state index is 12.4. The number of aromatic amines is 1. The molecule has 2 heterocycles. The van der Waals surface area contributed by atoms with Gasteiger partial charge < -0.3 is 4.98 Å². The normalized spacial score (nSPS) is 10.7. The number of aromatic nitrogens is 4. The molecule has 0 radical (unpaired) electrons. The van der Waals surface area contributed by atoms with Gasteiger partial charge in [-0.15, -0.1) is 0 Å². The zero-order valence-electron chi connectivity index (χ0n) is 9.20. The van der Waals surface area contributed by atoms with Crippen molar-refractivity contribution >= 4 is 23.1 Å². The van der Waals surface area contributed by atoms with E-state index >= 15 is 0 Å². The van der Waals surface area contributed by atoms with Crippen LogP contribution >= 0.6 is 12.2 Å². The van der Waals surface area contributed by atoms with Crippen LogP contribution in [0.1, 0.15) is 0 Å². The third-order valence-corrected chi connectivity index (χ3v) is 2.90. The lowest BCUT2D eigenvalue weighted by Gasteiger charge is -2.06. The topological polar surface area (TPSA) is 63.6 Å². The second kappa shape index (κ2) is 4.15. The lowest BCUT2D eigenvalue weighted by Crippen LogP contribution is -2.20. The Hall–Kier alpha value is -2.34. The van der Waals surface area contributed by atoms with Gasteiger partial charge in [0, 0.05) is 0 Å². The number of para-hydroxylation sites is 1. The molecule has 18 heavy (non-hydrogen) atoms. The summed E-state index contributed by atoms with van der Waals surface area (Å²) >= 11 is 5.20. The number of hydrogen-bond donors (Lipinski definition) is 1. The van der Waals surface area contributed by atoms with E-state index < -0.39 is 0 Å². The summed E-state index contributed by atoms with van der Waals surface area (Å²) in [6.45, 7) is 0. The first kappa shape index (κ1) is 10.8. The van der Waals surface area contributed by atoms with Crippen LogP contribution in [0.3, 0.4) is 0 Å². The standard InChI is InChI=1S/C12H8N4OS/c17-11-9-3-1-2-4-10(9)15-12(18)16(11)8-5-13-7-14-6-8/h1-7H,(H,15,18). The van der Waals surface area contributed by atoms with Crippen molar-refractivity contribution in [1.29, 1.82) is 0 Å². The van der Waals surface area contributed by atoms with Gasteiger partial charge in [0.25, 0.3) is 5.56 Å². The molecule has 3 aromatic rings. The molecule has 1 N–H and O–H groups in total. The summed E-state index contributed by atoms with van der Waals surface area (Å²) in [4.78, 5) is 23.2. The third-order valence-electron chi connectivity index (χ3n) is 2.61. The molecule has 0 aliphatic heterocycles. The molecule has 0 amide bonds. The van der Waals surface area contributed by atoms with Gasteiger partial charge in [-0.25, -0.2) is 14.5 Å². The minimum atomic E-state index is -0.177. The average molecular weight is 256 g/mol. The van der Waals surface area contributed by atoms with E-state index in [1.165, 1.54) is 10.9 Å².